The van der Waals surface area contributed by atoms with E-state index >= 15 is 0 Å². The molecule has 0 radical (unpaired) electrons. The van der Waals surface area contributed by atoms with Gasteiger partial charge < -0.3 is 15.4 Å². The van der Waals surface area contributed by atoms with E-state index in [0.29, 0.717) is 5.56 Å². The summed E-state index contributed by atoms with van der Waals surface area (Å²) >= 11 is 5.64. The highest BCUT2D eigenvalue weighted by Gasteiger charge is 2.17. The average Bonchev–Trinajstić information content (AvgIpc) is 2.44. The van der Waals surface area contributed by atoms with Crippen LogP contribution in [0.5, 0.6) is 0 Å². The monoisotopic (exact) mass is 307 g/mol. The van der Waals surface area contributed by atoms with E-state index in [1.54, 1.807) is 13.0 Å². The van der Waals surface area contributed by atoms with Crippen LogP contribution >= 0.6 is 11.6 Å². The van der Waals surface area contributed by atoms with Crippen molar-refractivity contribution >= 4 is 35.8 Å². The minimum atomic E-state index is -1.68. The van der Waals surface area contributed by atoms with E-state index in [-0.39, 0.29) is 21.7 Å². The third-order valence-electron chi connectivity index (χ3n) is 3.02. The second-order valence-corrected chi connectivity index (χ2v) is 4.91. The molecule has 108 valence electrons. The highest BCUT2D eigenvalue weighted by molar-refractivity contribution is 6.59. The number of hydrogen-bond donors (Lipinski definition) is 3. The lowest BCUT2D eigenvalue weighted by Crippen LogP contribution is -2.33. The molecule has 0 heterocycles. The maximum atomic E-state index is 13.7. The van der Waals surface area contributed by atoms with Crippen molar-refractivity contribution in [2.45, 2.75) is 6.92 Å². The van der Waals surface area contributed by atoms with Crippen LogP contribution in [0.15, 0.2) is 36.4 Å². The fraction of sp³-hybridized carbons (Fsp3) is 0.0714. The van der Waals surface area contributed by atoms with Gasteiger partial charge in [0.2, 0.25) is 0 Å². The van der Waals surface area contributed by atoms with E-state index in [2.05, 4.69) is 5.32 Å². The average molecular weight is 308 g/mol. The Balaban J connectivity index is 2.29. The van der Waals surface area contributed by atoms with E-state index in [1.165, 1.54) is 30.3 Å². The molecule has 0 fully saturated rings. The molecule has 2 aromatic rings. The summed E-state index contributed by atoms with van der Waals surface area (Å²) in [4.78, 5) is 12.1. The van der Waals surface area contributed by atoms with Gasteiger partial charge in [-0.1, -0.05) is 29.3 Å². The summed E-state index contributed by atoms with van der Waals surface area (Å²) in [6, 6.07) is 8.71. The van der Waals surface area contributed by atoms with Crippen LogP contribution in [-0.4, -0.2) is 23.1 Å². The Kier molecular flexibility index (Phi) is 4.62. The number of halogens is 2. The van der Waals surface area contributed by atoms with E-state index in [0.717, 1.165) is 0 Å². The van der Waals surface area contributed by atoms with Crippen LogP contribution in [0.1, 0.15) is 15.9 Å². The fourth-order valence-corrected chi connectivity index (χ4v) is 2.03. The second kappa shape index (κ2) is 6.26. The number of benzene rings is 2. The largest absolute Gasteiger partial charge is 0.488 e. The van der Waals surface area contributed by atoms with E-state index < -0.39 is 18.8 Å². The fourth-order valence-electron chi connectivity index (χ4n) is 1.85. The first-order valence-electron chi connectivity index (χ1n) is 6.12. The quantitative estimate of drug-likeness (QED) is 0.756. The van der Waals surface area contributed by atoms with Crippen LogP contribution in [0, 0.1) is 12.7 Å². The van der Waals surface area contributed by atoms with Gasteiger partial charge in [-0.3, -0.25) is 4.79 Å². The predicted octanol–water partition coefficient (Wildman–Crippen LogP) is 1.72. The Bertz CT molecular complexity index is 694. The number of carbonyl (C=O) groups excluding carboxylic acids is 1. The van der Waals surface area contributed by atoms with Gasteiger partial charge in [-0.25, -0.2) is 4.39 Å². The Morgan fingerprint density at radius 1 is 1.29 bits per heavy atom. The van der Waals surface area contributed by atoms with E-state index in [9.17, 15) is 19.2 Å². The van der Waals surface area contributed by atoms with Gasteiger partial charge in [0.15, 0.2) is 5.82 Å². The summed E-state index contributed by atoms with van der Waals surface area (Å²) in [6.07, 6.45) is 0. The molecule has 1 amide bonds. The number of aryl methyl sites for hydroxylation is 1. The number of carbonyl (C=O) groups is 1. The molecule has 0 aromatic heterocycles. The first-order valence-corrected chi connectivity index (χ1v) is 6.50. The van der Waals surface area contributed by atoms with Crippen molar-refractivity contribution < 1.29 is 19.2 Å². The zero-order valence-corrected chi connectivity index (χ0v) is 11.9. The van der Waals surface area contributed by atoms with Crippen molar-refractivity contribution in [2.24, 2.45) is 0 Å². The van der Waals surface area contributed by atoms with Crippen LogP contribution in [0.2, 0.25) is 5.02 Å². The summed E-state index contributed by atoms with van der Waals surface area (Å²) < 4.78 is 13.7. The topological polar surface area (TPSA) is 69.6 Å². The Morgan fingerprint density at radius 3 is 2.67 bits per heavy atom. The van der Waals surface area contributed by atoms with Gasteiger partial charge in [-0.15, -0.1) is 0 Å². The molecule has 0 spiro atoms. The van der Waals surface area contributed by atoms with Gasteiger partial charge in [0.05, 0.1) is 10.7 Å². The van der Waals surface area contributed by atoms with Gasteiger partial charge >= 0.3 is 7.12 Å². The Hall–Kier alpha value is -1.89. The lowest BCUT2D eigenvalue weighted by Gasteiger charge is -2.10. The van der Waals surface area contributed by atoms with Gasteiger partial charge in [-0.2, -0.15) is 0 Å². The molecule has 0 aliphatic rings. The molecular formula is C14H12BClFNO3. The molecule has 0 unspecified atom stereocenters. The molecule has 0 aliphatic carbocycles. The van der Waals surface area contributed by atoms with E-state index in [1.807, 2.05) is 0 Å². The first-order chi connectivity index (χ1) is 9.90. The van der Waals surface area contributed by atoms with Crippen LogP contribution in [-0.2, 0) is 0 Å². The van der Waals surface area contributed by atoms with Crippen molar-refractivity contribution in [1.82, 2.24) is 0 Å². The van der Waals surface area contributed by atoms with E-state index in [4.69, 9.17) is 11.6 Å². The highest BCUT2D eigenvalue weighted by Crippen LogP contribution is 2.22. The summed E-state index contributed by atoms with van der Waals surface area (Å²) in [6.45, 7) is 1.69. The van der Waals surface area contributed by atoms with Gasteiger partial charge in [0, 0.05) is 5.56 Å². The Labute approximate surface area is 126 Å². The minimum absolute atomic E-state index is 0.0424. The molecule has 0 aliphatic heterocycles. The molecule has 7 heteroatoms. The maximum absolute atomic E-state index is 13.7. The first kappa shape index (κ1) is 15.5. The van der Waals surface area contributed by atoms with Crippen LogP contribution in [0.3, 0.4) is 0 Å². The van der Waals surface area contributed by atoms with Crippen molar-refractivity contribution in [3.8, 4) is 0 Å². The van der Waals surface area contributed by atoms with Crippen LogP contribution in [0.25, 0.3) is 0 Å². The van der Waals surface area contributed by atoms with Crippen molar-refractivity contribution in [2.75, 3.05) is 5.32 Å². The maximum Gasteiger partial charge on any atom is 0.488 e. The lowest BCUT2D eigenvalue weighted by molar-refractivity contribution is 0.102. The zero-order chi connectivity index (χ0) is 15.6. The Morgan fingerprint density at radius 2 is 2.00 bits per heavy atom. The number of nitrogens with one attached hydrogen (secondary N) is 1. The molecule has 0 bridgehead atoms. The van der Waals surface area contributed by atoms with Crippen LogP contribution in [0.4, 0.5) is 10.1 Å². The SMILES string of the molecule is Cc1ccc(C(=O)Nc2cccc(Cl)c2F)cc1B(O)O. The standard InChI is InChI=1S/C14H12BClFNO3/c1-8-5-6-9(7-10(8)15(20)21)14(19)18-12-4-2-3-11(16)13(12)17/h2-7,20-21H,1H3,(H,18,19). The molecule has 21 heavy (non-hydrogen) atoms. The van der Waals surface area contributed by atoms with Crippen molar-refractivity contribution in [3.05, 3.63) is 58.4 Å². The highest BCUT2D eigenvalue weighted by atomic mass is 35.5. The number of hydrogen-bond acceptors (Lipinski definition) is 3. The smallest absolute Gasteiger partial charge is 0.423 e. The van der Waals surface area contributed by atoms with Gasteiger partial charge in [0.1, 0.15) is 0 Å². The van der Waals surface area contributed by atoms with Crippen molar-refractivity contribution in [1.29, 1.82) is 0 Å². The third-order valence-corrected chi connectivity index (χ3v) is 3.31. The molecule has 0 saturated heterocycles. The number of rotatable bonds is 3. The lowest BCUT2D eigenvalue weighted by atomic mass is 9.76. The zero-order valence-electron chi connectivity index (χ0n) is 11.1. The molecule has 2 rings (SSSR count). The molecule has 0 saturated carbocycles. The normalized spacial score (nSPS) is 10.3. The molecule has 2 aromatic carbocycles. The van der Waals surface area contributed by atoms with Gasteiger partial charge in [0.25, 0.3) is 5.91 Å². The minimum Gasteiger partial charge on any atom is -0.423 e. The molecule has 4 nitrogen and oxygen atoms in total. The van der Waals surface area contributed by atoms with Crippen LogP contribution < -0.4 is 10.8 Å². The summed E-state index contributed by atoms with van der Waals surface area (Å²) in [5, 5.41) is 20.8. The second-order valence-electron chi connectivity index (χ2n) is 4.50. The summed E-state index contributed by atoms with van der Waals surface area (Å²) in [5.74, 6) is -1.29. The number of amides is 1. The molecular weight excluding hydrogens is 295 g/mol. The van der Waals surface area contributed by atoms with Crippen molar-refractivity contribution in [3.63, 3.8) is 0 Å². The molecule has 0 atom stereocenters. The number of anilines is 1. The summed E-state index contributed by atoms with van der Waals surface area (Å²) in [7, 11) is -1.68. The third kappa shape index (κ3) is 3.42. The summed E-state index contributed by atoms with van der Waals surface area (Å²) in [5.41, 5.74) is 0.993. The predicted molar refractivity (Wildman–Crippen MR) is 80.4 cm³/mol. The van der Waals surface area contributed by atoms with Gasteiger partial charge in [-0.05, 0) is 36.7 Å². The molecule has 3 N–H and O–H groups in total.